The highest BCUT2D eigenvalue weighted by molar-refractivity contribution is 6.05. The molecule has 31 heavy (non-hydrogen) atoms. The van der Waals surface area contributed by atoms with Gasteiger partial charge < -0.3 is 16.0 Å². The lowest BCUT2D eigenvalue weighted by Gasteiger charge is -2.18. The lowest BCUT2D eigenvalue weighted by Crippen LogP contribution is -2.39. The molecule has 0 saturated carbocycles. The van der Waals surface area contributed by atoms with E-state index in [2.05, 4.69) is 20.9 Å². The number of pyridine rings is 1. The molecule has 0 saturated heterocycles. The van der Waals surface area contributed by atoms with Gasteiger partial charge in [-0.25, -0.2) is 8.78 Å². The number of amides is 3. The molecule has 0 bridgehead atoms. The molecule has 1 atom stereocenters. The summed E-state index contributed by atoms with van der Waals surface area (Å²) in [5.41, 5.74) is 0.925. The van der Waals surface area contributed by atoms with Crippen molar-refractivity contribution < 1.29 is 23.2 Å². The van der Waals surface area contributed by atoms with Crippen molar-refractivity contribution in [1.82, 2.24) is 15.6 Å². The Bertz CT molecular complexity index is 1120. The van der Waals surface area contributed by atoms with Gasteiger partial charge in [0.15, 0.2) is 11.6 Å². The molecular weight excluding hydrogens is 406 g/mol. The number of nitrogens with zero attached hydrogens (tertiary/aromatic N) is 1. The molecule has 0 aliphatic rings. The number of nitrogens with one attached hydrogen (secondary N) is 3. The molecule has 0 aliphatic heterocycles. The first kappa shape index (κ1) is 21.6. The predicted octanol–water partition coefficient (Wildman–Crippen LogP) is 2.83. The molecule has 3 N–H and O–H groups in total. The summed E-state index contributed by atoms with van der Waals surface area (Å²) in [7, 11) is 1.36. The van der Waals surface area contributed by atoms with Gasteiger partial charge >= 0.3 is 0 Å². The van der Waals surface area contributed by atoms with Crippen LogP contribution in [0.15, 0.2) is 67.0 Å². The Balaban J connectivity index is 1.79. The van der Waals surface area contributed by atoms with Crippen molar-refractivity contribution in [2.45, 2.75) is 6.04 Å². The third kappa shape index (κ3) is 5.27. The number of hydrogen-bond acceptors (Lipinski definition) is 4. The number of benzene rings is 2. The molecule has 1 unspecified atom stereocenters. The first-order valence-electron chi connectivity index (χ1n) is 9.18. The van der Waals surface area contributed by atoms with E-state index in [1.165, 1.54) is 37.6 Å². The maximum Gasteiger partial charge on any atom is 0.257 e. The first-order chi connectivity index (χ1) is 14.9. The summed E-state index contributed by atoms with van der Waals surface area (Å²) in [6.45, 7) is 0. The van der Waals surface area contributed by atoms with E-state index in [0.29, 0.717) is 11.3 Å². The van der Waals surface area contributed by atoms with E-state index in [-0.39, 0.29) is 11.1 Å². The summed E-state index contributed by atoms with van der Waals surface area (Å²) < 4.78 is 26.9. The molecule has 1 heterocycles. The summed E-state index contributed by atoms with van der Waals surface area (Å²) >= 11 is 0. The van der Waals surface area contributed by atoms with Crippen LogP contribution >= 0.6 is 0 Å². The Morgan fingerprint density at radius 2 is 1.68 bits per heavy atom. The average Bonchev–Trinajstić information content (AvgIpc) is 2.79. The Morgan fingerprint density at radius 1 is 0.903 bits per heavy atom. The Morgan fingerprint density at radius 3 is 2.35 bits per heavy atom. The number of halogens is 2. The van der Waals surface area contributed by atoms with Gasteiger partial charge in [0.2, 0.25) is 5.91 Å². The van der Waals surface area contributed by atoms with E-state index in [0.717, 1.165) is 12.1 Å². The van der Waals surface area contributed by atoms with Gasteiger partial charge in [-0.05, 0) is 48.0 Å². The fraction of sp³-hybridized carbons (Fsp3) is 0.0909. The minimum Gasteiger partial charge on any atom is -0.357 e. The van der Waals surface area contributed by atoms with Crippen LogP contribution in [0.1, 0.15) is 32.3 Å². The molecular formula is C22H18F2N4O3. The molecule has 0 aliphatic carbocycles. The maximum absolute atomic E-state index is 13.6. The minimum absolute atomic E-state index is 0.0765. The maximum atomic E-state index is 13.6. The molecule has 0 spiro atoms. The number of carbonyl (C=O) groups excluding carboxylic acids is 3. The molecule has 9 heteroatoms. The molecule has 0 fully saturated rings. The van der Waals surface area contributed by atoms with Gasteiger partial charge in [-0.3, -0.25) is 19.4 Å². The number of aromatic nitrogens is 1. The monoisotopic (exact) mass is 424 g/mol. The van der Waals surface area contributed by atoms with Crippen molar-refractivity contribution in [2.24, 2.45) is 0 Å². The summed E-state index contributed by atoms with van der Waals surface area (Å²) in [5, 5.41) is 7.53. The van der Waals surface area contributed by atoms with Crippen LogP contribution in [-0.2, 0) is 4.79 Å². The molecule has 3 aromatic rings. The summed E-state index contributed by atoms with van der Waals surface area (Å²) in [4.78, 5) is 41.1. The van der Waals surface area contributed by atoms with Crippen molar-refractivity contribution in [2.75, 3.05) is 12.4 Å². The topological polar surface area (TPSA) is 100 Å². The van der Waals surface area contributed by atoms with E-state index in [9.17, 15) is 23.2 Å². The fourth-order valence-electron chi connectivity index (χ4n) is 2.79. The lowest BCUT2D eigenvalue weighted by atomic mass is 10.0. The van der Waals surface area contributed by atoms with Crippen molar-refractivity contribution in [3.05, 3.63) is 95.3 Å². The average molecular weight is 424 g/mol. The fourth-order valence-corrected chi connectivity index (χ4v) is 2.79. The molecule has 3 amide bonds. The van der Waals surface area contributed by atoms with Crippen molar-refractivity contribution in [3.8, 4) is 0 Å². The zero-order valence-corrected chi connectivity index (χ0v) is 16.4. The van der Waals surface area contributed by atoms with E-state index < -0.39 is 35.4 Å². The Hall–Kier alpha value is -4.14. The molecule has 3 rings (SSSR count). The molecule has 0 radical (unpaired) electrons. The third-order valence-corrected chi connectivity index (χ3v) is 4.37. The van der Waals surface area contributed by atoms with Crippen LogP contribution in [0.5, 0.6) is 0 Å². The number of anilines is 1. The zero-order valence-electron chi connectivity index (χ0n) is 16.4. The van der Waals surface area contributed by atoms with Crippen molar-refractivity contribution >= 4 is 23.4 Å². The number of likely N-dealkylation sites (N-methyl/N-ethyl adjacent to an activating group) is 1. The van der Waals surface area contributed by atoms with Gasteiger partial charge in [0.1, 0.15) is 6.04 Å². The molecule has 2 aromatic carbocycles. The van der Waals surface area contributed by atoms with E-state index in [1.54, 1.807) is 24.3 Å². The van der Waals surface area contributed by atoms with Crippen molar-refractivity contribution in [1.29, 1.82) is 0 Å². The van der Waals surface area contributed by atoms with Crippen LogP contribution in [0, 0.1) is 11.6 Å². The second-order valence-electron chi connectivity index (χ2n) is 6.47. The SMILES string of the molecule is CNC(=O)C(NC(=O)c1cccc(NC(=O)c2cccnc2)c1)c1ccc(F)c(F)c1. The van der Waals surface area contributed by atoms with Crippen LogP contribution in [0.4, 0.5) is 14.5 Å². The smallest absolute Gasteiger partial charge is 0.257 e. The van der Waals surface area contributed by atoms with Gasteiger partial charge in [0, 0.05) is 30.7 Å². The van der Waals surface area contributed by atoms with Gasteiger partial charge in [-0.15, -0.1) is 0 Å². The van der Waals surface area contributed by atoms with Crippen molar-refractivity contribution in [3.63, 3.8) is 0 Å². The van der Waals surface area contributed by atoms with Crippen LogP contribution in [0.25, 0.3) is 0 Å². The van der Waals surface area contributed by atoms with Crippen LogP contribution in [0.2, 0.25) is 0 Å². The van der Waals surface area contributed by atoms with Gasteiger partial charge in [-0.1, -0.05) is 12.1 Å². The lowest BCUT2D eigenvalue weighted by molar-refractivity contribution is -0.122. The first-order valence-corrected chi connectivity index (χ1v) is 9.18. The summed E-state index contributed by atoms with van der Waals surface area (Å²) in [6.07, 6.45) is 2.94. The van der Waals surface area contributed by atoms with E-state index >= 15 is 0 Å². The van der Waals surface area contributed by atoms with Gasteiger partial charge in [0.05, 0.1) is 5.56 Å². The molecule has 1 aromatic heterocycles. The Labute approximate surface area is 176 Å². The van der Waals surface area contributed by atoms with Gasteiger partial charge in [0.25, 0.3) is 11.8 Å². The molecule has 158 valence electrons. The number of carbonyl (C=O) groups is 3. The number of rotatable bonds is 6. The minimum atomic E-state index is -1.25. The van der Waals surface area contributed by atoms with Gasteiger partial charge in [-0.2, -0.15) is 0 Å². The van der Waals surface area contributed by atoms with Crippen LogP contribution in [-0.4, -0.2) is 29.8 Å². The second-order valence-corrected chi connectivity index (χ2v) is 6.47. The summed E-state index contributed by atoms with van der Waals surface area (Å²) in [6, 6.07) is 11.0. The predicted molar refractivity (Wildman–Crippen MR) is 109 cm³/mol. The highest BCUT2D eigenvalue weighted by Crippen LogP contribution is 2.19. The normalized spacial score (nSPS) is 11.3. The zero-order chi connectivity index (χ0) is 22.4. The molecule has 7 nitrogen and oxygen atoms in total. The highest BCUT2D eigenvalue weighted by Gasteiger charge is 2.24. The van der Waals surface area contributed by atoms with E-state index in [1.807, 2.05) is 0 Å². The standard InChI is InChI=1S/C22H18F2N4O3/c1-25-22(31)19(13-7-8-17(23)18(24)11-13)28-20(29)14-4-2-6-16(10-14)27-21(30)15-5-3-9-26-12-15/h2-12,19H,1H3,(H,25,31)(H,27,30)(H,28,29). The summed E-state index contributed by atoms with van der Waals surface area (Å²) in [5.74, 6) is -3.87. The quantitative estimate of drug-likeness (QED) is 0.567. The second kappa shape index (κ2) is 9.57. The van der Waals surface area contributed by atoms with E-state index in [4.69, 9.17) is 0 Å². The van der Waals surface area contributed by atoms with Crippen LogP contribution in [0.3, 0.4) is 0 Å². The largest absolute Gasteiger partial charge is 0.357 e. The third-order valence-electron chi connectivity index (χ3n) is 4.37. The highest BCUT2D eigenvalue weighted by atomic mass is 19.2. The van der Waals surface area contributed by atoms with Crippen LogP contribution < -0.4 is 16.0 Å². The number of hydrogen-bond donors (Lipinski definition) is 3. The Kier molecular flexibility index (Phi) is 6.66.